The second-order valence-corrected chi connectivity index (χ2v) is 5.53. The molecule has 3 nitrogen and oxygen atoms in total. The van der Waals surface area contributed by atoms with Crippen LogP contribution >= 0.6 is 0 Å². The van der Waals surface area contributed by atoms with Gasteiger partial charge in [0.25, 0.3) is 0 Å². The van der Waals surface area contributed by atoms with Gasteiger partial charge in [0.2, 0.25) is 0 Å². The number of furan rings is 1. The molecule has 0 fully saturated rings. The molecular weight excluding hydrogens is 257 g/mol. The zero-order chi connectivity index (χ0) is 14.8. The van der Waals surface area contributed by atoms with E-state index >= 15 is 0 Å². The van der Waals surface area contributed by atoms with Crippen LogP contribution in [0.1, 0.15) is 39.0 Å². The molecule has 0 aliphatic carbocycles. The van der Waals surface area contributed by atoms with Crippen LogP contribution in [-0.4, -0.2) is 19.3 Å². The molecule has 0 bridgehead atoms. The molecule has 0 aliphatic heterocycles. The topological polar surface area (TPSA) is 34.4 Å². The van der Waals surface area contributed by atoms with Gasteiger partial charge in [0.05, 0.1) is 11.6 Å². The van der Waals surface area contributed by atoms with E-state index in [0.717, 1.165) is 24.1 Å². The van der Waals surface area contributed by atoms with Crippen LogP contribution in [0.25, 0.3) is 11.0 Å². The lowest BCUT2D eigenvalue weighted by atomic mass is 9.96. The maximum absolute atomic E-state index is 13.3. The quantitative estimate of drug-likeness (QED) is 0.866. The first-order valence-corrected chi connectivity index (χ1v) is 6.95. The summed E-state index contributed by atoms with van der Waals surface area (Å²) in [6, 6.07) is 6.35. The van der Waals surface area contributed by atoms with E-state index in [1.54, 1.807) is 13.2 Å². The number of rotatable bonds is 6. The summed E-state index contributed by atoms with van der Waals surface area (Å²) in [5, 5.41) is 4.21. The molecule has 0 aliphatic rings. The van der Waals surface area contributed by atoms with Crippen molar-refractivity contribution < 1.29 is 13.5 Å². The summed E-state index contributed by atoms with van der Waals surface area (Å²) >= 11 is 0. The highest BCUT2D eigenvalue weighted by molar-refractivity contribution is 5.78. The lowest BCUT2D eigenvalue weighted by Gasteiger charge is -2.32. The van der Waals surface area contributed by atoms with E-state index in [9.17, 15) is 4.39 Å². The molecule has 0 saturated heterocycles. The molecule has 110 valence electrons. The summed E-state index contributed by atoms with van der Waals surface area (Å²) in [6.07, 6.45) is 1.02. The van der Waals surface area contributed by atoms with Gasteiger partial charge in [-0.1, -0.05) is 6.92 Å². The van der Waals surface area contributed by atoms with Gasteiger partial charge in [0, 0.05) is 12.5 Å². The Labute approximate surface area is 119 Å². The van der Waals surface area contributed by atoms with E-state index in [1.165, 1.54) is 12.1 Å². The molecular formula is C16H22FNO2. The number of hydrogen-bond donors (Lipinski definition) is 1. The van der Waals surface area contributed by atoms with Crippen LogP contribution in [0.3, 0.4) is 0 Å². The number of methoxy groups -OCH3 is 1. The highest BCUT2D eigenvalue weighted by atomic mass is 19.1. The van der Waals surface area contributed by atoms with E-state index in [4.69, 9.17) is 9.15 Å². The van der Waals surface area contributed by atoms with Gasteiger partial charge in [-0.25, -0.2) is 4.39 Å². The summed E-state index contributed by atoms with van der Waals surface area (Å²) in [7, 11) is 1.68. The fourth-order valence-corrected chi connectivity index (χ4v) is 2.27. The van der Waals surface area contributed by atoms with E-state index in [-0.39, 0.29) is 11.9 Å². The predicted molar refractivity (Wildman–Crippen MR) is 78.3 cm³/mol. The van der Waals surface area contributed by atoms with Crippen LogP contribution in [0.4, 0.5) is 4.39 Å². The Morgan fingerprint density at radius 3 is 2.75 bits per heavy atom. The molecule has 1 N–H and O–H groups in total. The van der Waals surface area contributed by atoms with Crippen molar-refractivity contribution in [3.8, 4) is 0 Å². The minimum absolute atomic E-state index is 0.0806. The number of ether oxygens (including phenoxy) is 1. The molecule has 4 heteroatoms. The van der Waals surface area contributed by atoms with Crippen LogP contribution in [-0.2, 0) is 4.74 Å². The monoisotopic (exact) mass is 279 g/mol. The third kappa shape index (κ3) is 3.02. The van der Waals surface area contributed by atoms with Gasteiger partial charge >= 0.3 is 0 Å². The first-order chi connectivity index (χ1) is 9.47. The summed E-state index contributed by atoms with van der Waals surface area (Å²) in [4.78, 5) is 0. The molecule has 1 atom stereocenters. The van der Waals surface area contributed by atoms with Gasteiger partial charge in [-0.15, -0.1) is 0 Å². The second kappa shape index (κ2) is 5.94. The van der Waals surface area contributed by atoms with Crippen molar-refractivity contribution in [3.05, 3.63) is 35.8 Å². The van der Waals surface area contributed by atoms with Crippen molar-refractivity contribution >= 4 is 11.0 Å². The Kier molecular flexibility index (Phi) is 4.45. The van der Waals surface area contributed by atoms with E-state index in [0.29, 0.717) is 5.58 Å². The maximum atomic E-state index is 13.3. The molecule has 0 saturated carbocycles. The van der Waals surface area contributed by atoms with Crippen molar-refractivity contribution in [2.75, 3.05) is 13.7 Å². The standard InChI is InChI=1S/C16H22FNO2/c1-5-8-18-15(16(2,3)19-4)14-10-11-9-12(17)6-7-13(11)20-14/h6-7,9-10,15,18H,5,8H2,1-4H3. The average Bonchev–Trinajstić information content (AvgIpc) is 2.81. The second-order valence-electron chi connectivity index (χ2n) is 5.53. The Morgan fingerprint density at radius 2 is 2.10 bits per heavy atom. The third-order valence-electron chi connectivity index (χ3n) is 3.60. The zero-order valence-corrected chi connectivity index (χ0v) is 12.5. The van der Waals surface area contributed by atoms with Gasteiger partial charge < -0.3 is 14.5 Å². The fourth-order valence-electron chi connectivity index (χ4n) is 2.27. The molecule has 1 unspecified atom stereocenters. The van der Waals surface area contributed by atoms with Gasteiger partial charge in [0.15, 0.2) is 0 Å². The van der Waals surface area contributed by atoms with Crippen LogP contribution < -0.4 is 5.32 Å². The number of benzene rings is 1. The predicted octanol–water partition coefficient (Wildman–Crippen LogP) is 4.04. The molecule has 20 heavy (non-hydrogen) atoms. The largest absolute Gasteiger partial charge is 0.459 e. The van der Waals surface area contributed by atoms with Gasteiger partial charge in [-0.05, 0) is 51.1 Å². The summed E-state index contributed by atoms with van der Waals surface area (Å²) in [6.45, 7) is 6.99. The van der Waals surface area contributed by atoms with E-state index < -0.39 is 5.60 Å². The summed E-state index contributed by atoms with van der Waals surface area (Å²) in [5.41, 5.74) is 0.276. The molecule has 2 rings (SSSR count). The molecule has 1 aromatic carbocycles. The van der Waals surface area contributed by atoms with Crippen LogP contribution in [0, 0.1) is 5.82 Å². The highest BCUT2D eigenvalue weighted by Gasteiger charge is 2.32. The molecule has 2 aromatic rings. The van der Waals surface area contributed by atoms with Gasteiger partial charge in [-0.2, -0.15) is 0 Å². The average molecular weight is 279 g/mol. The lowest BCUT2D eigenvalue weighted by Crippen LogP contribution is -2.41. The minimum Gasteiger partial charge on any atom is -0.459 e. The van der Waals surface area contributed by atoms with Crippen LogP contribution in [0.15, 0.2) is 28.7 Å². The van der Waals surface area contributed by atoms with Crippen molar-refractivity contribution in [2.24, 2.45) is 0 Å². The SMILES string of the molecule is CCCNC(c1cc2cc(F)ccc2o1)C(C)(C)OC. The van der Waals surface area contributed by atoms with Crippen molar-refractivity contribution in [1.29, 1.82) is 0 Å². The summed E-state index contributed by atoms with van der Waals surface area (Å²) < 4.78 is 24.7. The molecule has 1 aromatic heterocycles. The lowest BCUT2D eigenvalue weighted by molar-refractivity contribution is -0.0164. The molecule has 0 spiro atoms. The van der Waals surface area contributed by atoms with E-state index in [2.05, 4.69) is 12.2 Å². The van der Waals surface area contributed by atoms with Gasteiger partial charge in [0.1, 0.15) is 17.2 Å². The van der Waals surface area contributed by atoms with E-state index in [1.807, 2.05) is 19.9 Å². The Balaban J connectivity index is 2.39. The van der Waals surface area contributed by atoms with Crippen LogP contribution in [0.2, 0.25) is 0 Å². The maximum Gasteiger partial charge on any atom is 0.134 e. The zero-order valence-electron chi connectivity index (χ0n) is 12.5. The normalized spacial score (nSPS) is 13.8. The number of fused-ring (bicyclic) bond motifs is 1. The molecule has 0 radical (unpaired) electrons. The Morgan fingerprint density at radius 1 is 1.35 bits per heavy atom. The number of nitrogens with one attached hydrogen (secondary N) is 1. The first-order valence-electron chi connectivity index (χ1n) is 6.95. The number of halogens is 1. The summed E-state index contributed by atoms with van der Waals surface area (Å²) in [5.74, 6) is 0.514. The number of hydrogen-bond acceptors (Lipinski definition) is 3. The highest BCUT2D eigenvalue weighted by Crippen LogP contribution is 2.32. The van der Waals surface area contributed by atoms with Crippen molar-refractivity contribution in [1.82, 2.24) is 5.32 Å². The Bertz CT molecular complexity index is 577. The first kappa shape index (κ1) is 15.0. The fraction of sp³-hybridized carbons (Fsp3) is 0.500. The third-order valence-corrected chi connectivity index (χ3v) is 3.60. The van der Waals surface area contributed by atoms with Gasteiger partial charge in [-0.3, -0.25) is 0 Å². The smallest absolute Gasteiger partial charge is 0.134 e. The Hall–Kier alpha value is -1.39. The van der Waals surface area contributed by atoms with Crippen LogP contribution in [0.5, 0.6) is 0 Å². The molecule has 1 heterocycles. The molecule has 0 amide bonds. The van der Waals surface area contributed by atoms with Crippen molar-refractivity contribution in [3.63, 3.8) is 0 Å². The van der Waals surface area contributed by atoms with Crippen molar-refractivity contribution in [2.45, 2.75) is 38.8 Å². The minimum atomic E-state index is -0.415.